The summed E-state index contributed by atoms with van der Waals surface area (Å²) < 4.78 is 18.3. The standard InChI is InChI=1S/C22H24N2O3S/c1-4-15(2)23-21(25)17-10-12-18(13-11-17)22-24-20(16(3)27-22)14-28(26)19-8-6-5-7-9-19/h5-13,15H,4,14H2,1-3H3,(H,23,25). The molecule has 28 heavy (non-hydrogen) atoms. The van der Waals surface area contributed by atoms with Gasteiger partial charge in [0.1, 0.15) is 5.76 Å². The summed E-state index contributed by atoms with van der Waals surface area (Å²) in [6.07, 6.45) is 0.881. The van der Waals surface area contributed by atoms with Crippen LogP contribution in [0.25, 0.3) is 11.5 Å². The van der Waals surface area contributed by atoms with Gasteiger partial charge in [-0.05, 0) is 56.7 Å². The van der Waals surface area contributed by atoms with E-state index in [1.54, 1.807) is 12.1 Å². The number of nitrogens with one attached hydrogen (secondary N) is 1. The number of aryl methyl sites for hydroxylation is 1. The second kappa shape index (κ2) is 8.97. The van der Waals surface area contributed by atoms with Crippen molar-refractivity contribution in [3.8, 4) is 11.5 Å². The average Bonchev–Trinajstić information content (AvgIpc) is 3.08. The van der Waals surface area contributed by atoms with Gasteiger partial charge in [0.15, 0.2) is 0 Å². The molecule has 0 saturated carbocycles. The number of carbonyl (C=O) groups is 1. The smallest absolute Gasteiger partial charge is 0.251 e. The number of nitrogens with zero attached hydrogens (tertiary/aromatic N) is 1. The molecule has 3 aromatic rings. The highest BCUT2D eigenvalue weighted by molar-refractivity contribution is 7.84. The lowest BCUT2D eigenvalue weighted by Gasteiger charge is -2.11. The van der Waals surface area contributed by atoms with Gasteiger partial charge in [-0.3, -0.25) is 9.00 Å². The highest BCUT2D eigenvalue weighted by atomic mass is 32.2. The molecule has 0 fully saturated rings. The Morgan fingerprint density at radius 1 is 1.14 bits per heavy atom. The molecule has 1 amide bonds. The van der Waals surface area contributed by atoms with Crippen LogP contribution in [0.1, 0.15) is 42.1 Å². The van der Waals surface area contributed by atoms with Gasteiger partial charge in [0.25, 0.3) is 5.91 Å². The third kappa shape index (κ3) is 4.75. The fourth-order valence-corrected chi connectivity index (χ4v) is 3.78. The Morgan fingerprint density at radius 3 is 2.46 bits per heavy atom. The molecular formula is C22H24N2O3S. The van der Waals surface area contributed by atoms with Crippen LogP contribution in [0.15, 0.2) is 63.9 Å². The maximum absolute atomic E-state index is 12.5. The van der Waals surface area contributed by atoms with E-state index in [-0.39, 0.29) is 11.9 Å². The first-order valence-electron chi connectivity index (χ1n) is 9.29. The predicted molar refractivity (Wildman–Crippen MR) is 110 cm³/mol. The van der Waals surface area contributed by atoms with Crippen molar-refractivity contribution in [2.45, 2.75) is 43.9 Å². The molecule has 0 aliphatic rings. The fourth-order valence-electron chi connectivity index (χ4n) is 2.64. The number of hydrogen-bond acceptors (Lipinski definition) is 4. The number of rotatable bonds is 7. The van der Waals surface area contributed by atoms with Crippen molar-refractivity contribution in [2.24, 2.45) is 0 Å². The summed E-state index contributed by atoms with van der Waals surface area (Å²) in [4.78, 5) is 17.5. The van der Waals surface area contributed by atoms with Crippen molar-refractivity contribution < 1.29 is 13.4 Å². The predicted octanol–water partition coefficient (Wildman–Crippen LogP) is 4.49. The molecule has 0 radical (unpaired) electrons. The Morgan fingerprint density at radius 2 is 1.82 bits per heavy atom. The highest BCUT2D eigenvalue weighted by Gasteiger charge is 2.16. The summed E-state index contributed by atoms with van der Waals surface area (Å²) in [6.45, 7) is 5.83. The Kier molecular flexibility index (Phi) is 6.41. The summed E-state index contributed by atoms with van der Waals surface area (Å²) in [5.41, 5.74) is 2.05. The molecular weight excluding hydrogens is 372 g/mol. The van der Waals surface area contributed by atoms with E-state index in [4.69, 9.17) is 4.42 Å². The van der Waals surface area contributed by atoms with E-state index >= 15 is 0 Å². The number of carbonyl (C=O) groups excluding carboxylic acids is 1. The SMILES string of the molecule is CCC(C)NC(=O)c1ccc(-c2nc(CS(=O)c3ccccc3)c(C)o2)cc1. The van der Waals surface area contributed by atoms with Crippen LogP contribution in [0.4, 0.5) is 0 Å². The van der Waals surface area contributed by atoms with E-state index < -0.39 is 10.8 Å². The fraction of sp³-hybridized carbons (Fsp3) is 0.273. The van der Waals surface area contributed by atoms with Crippen LogP contribution < -0.4 is 5.32 Å². The summed E-state index contributed by atoms with van der Waals surface area (Å²) in [6, 6.07) is 16.6. The van der Waals surface area contributed by atoms with Gasteiger partial charge < -0.3 is 9.73 Å². The van der Waals surface area contributed by atoms with Crippen LogP contribution in [-0.2, 0) is 16.6 Å². The van der Waals surface area contributed by atoms with E-state index in [0.29, 0.717) is 28.7 Å². The number of aromatic nitrogens is 1. The van der Waals surface area contributed by atoms with Crippen LogP contribution in [-0.4, -0.2) is 21.1 Å². The normalized spacial score (nSPS) is 13.1. The molecule has 0 spiro atoms. The van der Waals surface area contributed by atoms with Gasteiger partial charge >= 0.3 is 0 Å². The molecule has 2 aromatic carbocycles. The molecule has 6 heteroatoms. The Labute approximate surface area is 167 Å². The molecule has 5 nitrogen and oxygen atoms in total. The number of amides is 1. The minimum Gasteiger partial charge on any atom is -0.441 e. The quantitative estimate of drug-likeness (QED) is 0.639. The van der Waals surface area contributed by atoms with E-state index in [0.717, 1.165) is 16.9 Å². The molecule has 146 valence electrons. The van der Waals surface area contributed by atoms with Crippen molar-refractivity contribution >= 4 is 16.7 Å². The zero-order chi connectivity index (χ0) is 20.1. The monoisotopic (exact) mass is 396 g/mol. The first kappa shape index (κ1) is 20.0. The summed E-state index contributed by atoms with van der Waals surface area (Å²) in [5.74, 6) is 1.32. The van der Waals surface area contributed by atoms with E-state index in [1.165, 1.54) is 0 Å². The first-order valence-corrected chi connectivity index (χ1v) is 10.6. The van der Waals surface area contributed by atoms with Gasteiger partial charge in [-0.15, -0.1) is 0 Å². The maximum Gasteiger partial charge on any atom is 0.251 e. The average molecular weight is 397 g/mol. The third-order valence-electron chi connectivity index (χ3n) is 4.55. The van der Waals surface area contributed by atoms with Gasteiger partial charge in [0.05, 0.1) is 22.2 Å². The maximum atomic E-state index is 12.5. The zero-order valence-corrected chi connectivity index (χ0v) is 17.1. The van der Waals surface area contributed by atoms with Gasteiger partial charge in [-0.2, -0.15) is 0 Å². The van der Waals surface area contributed by atoms with Crippen LogP contribution in [0.5, 0.6) is 0 Å². The van der Waals surface area contributed by atoms with E-state index in [9.17, 15) is 9.00 Å². The van der Waals surface area contributed by atoms with Crippen molar-refractivity contribution in [1.82, 2.24) is 10.3 Å². The van der Waals surface area contributed by atoms with Crippen LogP contribution in [0, 0.1) is 6.92 Å². The second-order valence-electron chi connectivity index (χ2n) is 6.68. The summed E-state index contributed by atoms with van der Waals surface area (Å²) in [5, 5.41) is 2.94. The van der Waals surface area contributed by atoms with Crippen molar-refractivity contribution in [3.05, 3.63) is 71.6 Å². The molecule has 0 aliphatic carbocycles. The lowest BCUT2D eigenvalue weighted by molar-refractivity contribution is 0.0939. The van der Waals surface area contributed by atoms with Gasteiger partial charge in [-0.25, -0.2) is 4.98 Å². The third-order valence-corrected chi connectivity index (χ3v) is 5.88. The van der Waals surface area contributed by atoms with Crippen molar-refractivity contribution in [1.29, 1.82) is 0 Å². The highest BCUT2D eigenvalue weighted by Crippen LogP contribution is 2.24. The zero-order valence-electron chi connectivity index (χ0n) is 16.3. The molecule has 0 saturated heterocycles. The Bertz CT molecular complexity index is 965. The Balaban J connectivity index is 1.74. The van der Waals surface area contributed by atoms with Crippen LogP contribution >= 0.6 is 0 Å². The van der Waals surface area contributed by atoms with E-state index in [2.05, 4.69) is 10.3 Å². The van der Waals surface area contributed by atoms with Crippen LogP contribution in [0.2, 0.25) is 0 Å². The Hall–Kier alpha value is -2.73. The first-order chi connectivity index (χ1) is 13.5. The molecule has 2 atom stereocenters. The lowest BCUT2D eigenvalue weighted by Crippen LogP contribution is -2.31. The molecule has 1 N–H and O–H groups in total. The number of oxazole rings is 1. The molecule has 0 aliphatic heterocycles. The summed E-state index contributed by atoms with van der Waals surface area (Å²) in [7, 11) is -1.18. The van der Waals surface area contributed by atoms with Gasteiger partial charge in [0.2, 0.25) is 5.89 Å². The number of benzene rings is 2. The molecule has 0 bridgehead atoms. The largest absolute Gasteiger partial charge is 0.441 e. The number of hydrogen-bond donors (Lipinski definition) is 1. The van der Waals surface area contributed by atoms with Gasteiger partial charge in [-0.1, -0.05) is 25.1 Å². The van der Waals surface area contributed by atoms with Crippen molar-refractivity contribution in [3.63, 3.8) is 0 Å². The molecule has 1 heterocycles. The summed E-state index contributed by atoms with van der Waals surface area (Å²) >= 11 is 0. The minimum atomic E-state index is -1.18. The van der Waals surface area contributed by atoms with Crippen molar-refractivity contribution in [2.75, 3.05) is 0 Å². The van der Waals surface area contributed by atoms with Gasteiger partial charge in [0, 0.05) is 22.1 Å². The second-order valence-corrected chi connectivity index (χ2v) is 8.14. The molecule has 3 rings (SSSR count). The van der Waals surface area contributed by atoms with E-state index in [1.807, 2.05) is 63.2 Å². The molecule has 2 unspecified atom stereocenters. The molecule has 1 aromatic heterocycles. The minimum absolute atomic E-state index is 0.0940. The topological polar surface area (TPSA) is 72.2 Å². The lowest BCUT2D eigenvalue weighted by atomic mass is 10.1. The van der Waals surface area contributed by atoms with Crippen LogP contribution in [0.3, 0.4) is 0 Å².